The van der Waals surface area contributed by atoms with E-state index in [9.17, 15) is 14.9 Å². The van der Waals surface area contributed by atoms with E-state index in [1.165, 1.54) is 11.8 Å². The molecule has 1 atom stereocenters. The Balaban J connectivity index is 2.06. The SMILES string of the molecule is CCS/C(NC(=O)c1ccccc1)=C(\C#N)C(CC(=O)c1ccccc1)c1ccccc1Cl. The highest BCUT2D eigenvalue weighted by Crippen LogP contribution is 2.37. The molecule has 0 aliphatic heterocycles. The largest absolute Gasteiger partial charge is 0.316 e. The molecule has 0 radical (unpaired) electrons. The molecule has 1 amide bonds. The van der Waals surface area contributed by atoms with E-state index in [1.807, 2.05) is 31.2 Å². The van der Waals surface area contributed by atoms with Crippen LogP contribution in [0.2, 0.25) is 5.02 Å². The van der Waals surface area contributed by atoms with Gasteiger partial charge in [-0.25, -0.2) is 0 Å². The van der Waals surface area contributed by atoms with Crippen molar-refractivity contribution in [3.63, 3.8) is 0 Å². The number of halogens is 1. The first-order chi connectivity index (χ1) is 16.0. The highest BCUT2D eigenvalue weighted by Gasteiger charge is 2.27. The van der Waals surface area contributed by atoms with Gasteiger partial charge in [0, 0.05) is 28.5 Å². The van der Waals surface area contributed by atoms with Crippen LogP contribution in [0.5, 0.6) is 0 Å². The molecule has 0 spiro atoms. The van der Waals surface area contributed by atoms with Gasteiger partial charge in [0.2, 0.25) is 0 Å². The lowest BCUT2D eigenvalue weighted by molar-refractivity contribution is 0.0966. The molecule has 6 heteroatoms. The second-order valence-corrected chi connectivity index (χ2v) is 8.86. The molecule has 166 valence electrons. The number of hydrogen-bond donors (Lipinski definition) is 1. The van der Waals surface area contributed by atoms with Crippen LogP contribution >= 0.6 is 23.4 Å². The Morgan fingerprint density at radius 3 is 2.09 bits per heavy atom. The normalized spacial score (nSPS) is 12.3. The van der Waals surface area contributed by atoms with Crippen LogP contribution in [0.1, 0.15) is 45.5 Å². The number of hydrogen-bond acceptors (Lipinski definition) is 4. The number of nitrogens with zero attached hydrogens (tertiary/aromatic N) is 1. The predicted octanol–water partition coefficient (Wildman–Crippen LogP) is 6.61. The summed E-state index contributed by atoms with van der Waals surface area (Å²) in [5.74, 6) is -0.395. The van der Waals surface area contributed by atoms with Crippen molar-refractivity contribution >= 4 is 35.1 Å². The average molecular weight is 475 g/mol. The second kappa shape index (κ2) is 12.1. The summed E-state index contributed by atoms with van der Waals surface area (Å²) in [6.45, 7) is 1.94. The Bertz CT molecular complexity index is 1190. The van der Waals surface area contributed by atoms with Gasteiger partial charge in [0.1, 0.15) is 0 Å². The molecule has 3 rings (SSSR count). The quantitative estimate of drug-likeness (QED) is 0.279. The fraction of sp³-hybridized carbons (Fsp3) is 0.148. The zero-order valence-electron chi connectivity index (χ0n) is 18.1. The summed E-state index contributed by atoms with van der Waals surface area (Å²) < 4.78 is 0. The maximum absolute atomic E-state index is 13.1. The van der Waals surface area contributed by atoms with E-state index >= 15 is 0 Å². The Kier molecular flexibility index (Phi) is 8.88. The molecular formula is C27H23ClN2O2S. The van der Waals surface area contributed by atoms with Crippen LogP contribution in [-0.4, -0.2) is 17.4 Å². The molecule has 1 N–H and O–H groups in total. The summed E-state index contributed by atoms with van der Waals surface area (Å²) in [6.07, 6.45) is 0.0472. The van der Waals surface area contributed by atoms with E-state index in [1.54, 1.807) is 60.7 Å². The molecule has 4 nitrogen and oxygen atoms in total. The van der Waals surface area contributed by atoms with Crippen molar-refractivity contribution in [1.29, 1.82) is 5.26 Å². The van der Waals surface area contributed by atoms with Crippen molar-refractivity contribution in [2.45, 2.75) is 19.3 Å². The summed E-state index contributed by atoms with van der Waals surface area (Å²) in [5.41, 5.74) is 2.02. The molecule has 3 aromatic carbocycles. The molecule has 0 aliphatic carbocycles. The van der Waals surface area contributed by atoms with Crippen molar-refractivity contribution in [2.24, 2.45) is 0 Å². The van der Waals surface area contributed by atoms with Crippen molar-refractivity contribution in [2.75, 3.05) is 5.75 Å². The third-order valence-corrected chi connectivity index (χ3v) is 6.27. The van der Waals surface area contributed by atoms with E-state index in [0.29, 0.717) is 38.1 Å². The molecule has 0 saturated heterocycles. The van der Waals surface area contributed by atoms with Gasteiger partial charge < -0.3 is 5.32 Å². The minimum absolute atomic E-state index is 0.0472. The average Bonchev–Trinajstić information content (AvgIpc) is 2.85. The van der Waals surface area contributed by atoms with Gasteiger partial charge in [0.15, 0.2) is 5.78 Å². The first-order valence-corrected chi connectivity index (χ1v) is 11.9. The van der Waals surface area contributed by atoms with Crippen molar-refractivity contribution in [1.82, 2.24) is 5.32 Å². The molecule has 0 aliphatic rings. The van der Waals surface area contributed by atoms with E-state index in [0.717, 1.165) is 0 Å². The molecule has 33 heavy (non-hydrogen) atoms. The van der Waals surface area contributed by atoms with Crippen molar-refractivity contribution < 1.29 is 9.59 Å². The number of nitrogens with one attached hydrogen (secondary N) is 1. The van der Waals surface area contributed by atoms with E-state index in [2.05, 4.69) is 11.4 Å². The molecule has 1 unspecified atom stereocenters. The Morgan fingerprint density at radius 1 is 0.939 bits per heavy atom. The van der Waals surface area contributed by atoms with Gasteiger partial charge in [-0.15, -0.1) is 11.8 Å². The lowest BCUT2D eigenvalue weighted by atomic mass is 9.86. The minimum atomic E-state index is -0.610. The third-order valence-electron chi connectivity index (χ3n) is 5.03. The Morgan fingerprint density at radius 2 is 1.52 bits per heavy atom. The fourth-order valence-electron chi connectivity index (χ4n) is 3.43. The zero-order chi connectivity index (χ0) is 23.6. The van der Waals surface area contributed by atoms with Crippen LogP contribution in [0, 0.1) is 11.3 Å². The van der Waals surface area contributed by atoms with E-state index in [4.69, 9.17) is 11.6 Å². The Labute approximate surface area is 203 Å². The number of nitriles is 1. The lowest BCUT2D eigenvalue weighted by Gasteiger charge is -2.21. The number of carbonyl (C=O) groups is 2. The van der Waals surface area contributed by atoms with Crippen LogP contribution in [0.15, 0.2) is 95.5 Å². The smallest absolute Gasteiger partial charge is 0.256 e. The van der Waals surface area contributed by atoms with Crippen LogP contribution in [-0.2, 0) is 0 Å². The summed E-state index contributed by atoms with van der Waals surface area (Å²) in [6, 6.07) is 27.2. The number of amides is 1. The van der Waals surface area contributed by atoms with Gasteiger partial charge >= 0.3 is 0 Å². The van der Waals surface area contributed by atoms with Crippen molar-refractivity contribution in [3.8, 4) is 6.07 Å². The maximum atomic E-state index is 13.1. The first kappa shape index (κ1) is 24.3. The molecule has 3 aromatic rings. The van der Waals surface area contributed by atoms with Gasteiger partial charge in [0.25, 0.3) is 5.91 Å². The summed E-state index contributed by atoms with van der Waals surface area (Å²) in [5, 5.41) is 14.0. The lowest BCUT2D eigenvalue weighted by Crippen LogP contribution is -2.24. The number of rotatable bonds is 9. The first-order valence-electron chi connectivity index (χ1n) is 10.5. The molecule has 0 heterocycles. The van der Waals surface area contributed by atoms with E-state index < -0.39 is 5.92 Å². The monoisotopic (exact) mass is 474 g/mol. The number of ketones is 1. The summed E-state index contributed by atoms with van der Waals surface area (Å²) in [4.78, 5) is 26.0. The van der Waals surface area contributed by atoms with Crippen molar-refractivity contribution in [3.05, 3.63) is 117 Å². The highest BCUT2D eigenvalue weighted by atomic mass is 35.5. The van der Waals surface area contributed by atoms with Crippen LogP contribution in [0.25, 0.3) is 0 Å². The topological polar surface area (TPSA) is 70.0 Å². The predicted molar refractivity (Wildman–Crippen MR) is 134 cm³/mol. The van der Waals surface area contributed by atoms with Gasteiger partial charge in [-0.1, -0.05) is 85.3 Å². The molecule has 0 aromatic heterocycles. The third kappa shape index (κ3) is 6.35. The molecule has 0 fully saturated rings. The number of Topliss-reactive ketones (excluding diaryl/α,β-unsaturated/α-hetero) is 1. The van der Waals surface area contributed by atoms with Gasteiger partial charge in [-0.2, -0.15) is 5.26 Å². The van der Waals surface area contributed by atoms with Crippen LogP contribution in [0.3, 0.4) is 0 Å². The van der Waals surface area contributed by atoms with E-state index in [-0.39, 0.29) is 18.1 Å². The number of carbonyl (C=O) groups excluding carboxylic acids is 2. The van der Waals surface area contributed by atoms with Gasteiger partial charge in [-0.3, -0.25) is 9.59 Å². The molecule has 0 bridgehead atoms. The van der Waals surface area contributed by atoms with Gasteiger partial charge in [0.05, 0.1) is 16.7 Å². The zero-order valence-corrected chi connectivity index (χ0v) is 19.7. The highest BCUT2D eigenvalue weighted by molar-refractivity contribution is 8.03. The standard InChI is InChI=1S/C27H23ClN2O2S/c1-2-33-27(30-26(32)20-13-7-4-8-14-20)23(18-29)22(21-15-9-10-16-24(21)28)17-25(31)19-11-5-3-6-12-19/h3-16,22H,2,17H2,1H3,(H,30,32)/b27-23+. The summed E-state index contributed by atoms with van der Waals surface area (Å²) >= 11 is 7.85. The number of allylic oxidation sites excluding steroid dienone is 1. The minimum Gasteiger partial charge on any atom is -0.316 e. The fourth-order valence-corrected chi connectivity index (χ4v) is 4.49. The molecule has 0 saturated carbocycles. The van der Waals surface area contributed by atoms with Crippen LogP contribution in [0.4, 0.5) is 0 Å². The number of benzene rings is 3. The molecular weight excluding hydrogens is 452 g/mol. The second-order valence-electron chi connectivity index (χ2n) is 7.18. The summed E-state index contributed by atoms with van der Waals surface area (Å²) in [7, 11) is 0. The van der Waals surface area contributed by atoms with Gasteiger partial charge in [-0.05, 0) is 29.5 Å². The maximum Gasteiger partial charge on any atom is 0.256 e. The van der Waals surface area contributed by atoms with Crippen LogP contribution < -0.4 is 5.32 Å². The Hall–Kier alpha value is -3.33. The number of thioether (sulfide) groups is 1.